The smallest absolute Gasteiger partial charge is 0.0781 e. The van der Waals surface area contributed by atoms with E-state index >= 15 is 0 Å². The molecule has 0 saturated heterocycles. The van der Waals surface area contributed by atoms with Gasteiger partial charge in [0.05, 0.1) is 39.1 Å². The zero-order valence-electron chi connectivity index (χ0n) is 25.5. The third-order valence-electron chi connectivity index (χ3n) is 4.55. The zero-order valence-corrected chi connectivity index (χ0v) is 25.5. The van der Waals surface area contributed by atoms with Gasteiger partial charge < -0.3 is 62.8 Å². The van der Waals surface area contributed by atoms with Crippen molar-refractivity contribution in [1.82, 2.24) is 0 Å². The van der Waals surface area contributed by atoms with Gasteiger partial charge in [0.2, 0.25) is 0 Å². The van der Waals surface area contributed by atoms with Gasteiger partial charge in [-0.3, -0.25) is 0 Å². The molecule has 12 nitrogen and oxygen atoms in total. The lowest BCUT2D eigenvalue weighted by atomic mass is 10.3. The Bertz CT molecular complexity index is 393. The zero-order chi connectivity index (χ0) is 29.8. The highest BCUT2D eigenvalue weighted by Crippen LogP contribution is 1.94. The standard InChI is InChI=1S/C10H24N2O2.C9H22N2O2.C8H20N2O2/c11-5-3-9-13-7-1-2-8-14-10-4-6-12;1-7(10)4-12-6-9(3)13-5-8(2)11;9-3-1-5-11-7-8-12-6-2-4-10/h1-12H2;7-9H,4-6,10-11H2,1-3H3;1-10H2. The lowest BCUT2D eigenvalue weighted by molar-refractivity contribution is -0.0121. The molecule has 0 aromatic rings. The maximum atomic E-state index is 5.53. The molecule has 0 radical (unpaired) electrons. The summed E-state index contributed by atoms with van der Waals surface area (Å²) >= 11 is 0. The van der Waals surface area contributed by atoms with Crippen LogP contribution >= 0.6 is 0 Å². The maximum absolute atomic E-state index is 5.53. The first kappa shape index (κ1) is 43.0. The van der Waals surface area contributed by atoms with E-state index in [1.165, 1.54) is 0 Å². The summed E-state index contributed by atoms with van der Waals surface area (Å²) in [6.45, 7) is 16.3. The highest BCUT2D eigenvalue weighted by molar-refractivity contribution is 4.55. The molecule has 0 aliphatic heterocycles. The fraction of sp³-hybridized carbons (Fsp3) is 1.00. The van der Waals surface area contributed by atoms with Crippen molar-refractivity contribution in [3.05, 3.63) is 0 Å². The Labute approximate surface area is 239 Å². The molecule has 0 rings (SSSR count). The van der Waals surface area contributed by atoms with E-state index in [0.717, 1.165) is 78.2 Å². The Morgan fingerprint density at radius 2 is 0.744 bits per heavy atom. The van der Waals surface area contributed by atoms with Gasteiger partial charge in [-0.2, -0.15) is 0 Å². The number of ether oxygens (including phenoxy) is 6. The molecule has 12 N–H and O–H groups in total. The van der Waals surface area contributed by atoms with Gasteiger partial charge in [0.1, 0.15) is 0 Å². The second-order valence-electron chi connectivity index (χ2n) is 9.36. The molecule has 3 unspecified atom stereocenters. The van der Waals surface area contributed by atoms with Crippen LogP contribution in [0.1, 0.15) is 59.3 Å². The van der Waals surface area contributed by atoms with Crippen LogP contribution in [-0.2, 0) is 28.4 Å². The van der Waals surface area contributed by atoms with E-state index in [1.807, 2.05) is 20.8 Å². The minimum atomic E-state index is 0.0795. The quantitative estimate of drug-likeness (QED) is 0.0737. The second kappa shape index (κ2) is 39.7. The molecular formula is C27H66N6O6. The first-order valence-electron chi connectivity index (χ1n) is 14.7. The molecule has 0 amide bonds. The summed E-state index contributed by atoms with van der Waals surface area (Å²) in [4.78, 5) is 0. The van der Waals surface area contributed by atoms with E-state index in [2.05, 4.69) is 0 Å². The molecule has 0 saturated carbocycles. The van der Waals surface area contributed by atoms with Crippen LogP contribution in [0.3, 0.4) is 0 Å². The van der Waals surface area contributed by atoms with Crippen molar-refractivity contribution in [2.75, 3.05) is 98.9 Å². The van der Waals surface area contributed by atoms with Gasteiger partial charge in [-0.1, -0.05) is 0 Å². The molecule has 240 valence electrons. The van der Waals surface area contributed by atoms with Gasteiger partial charge in [-0.05, 0) is 85.5 Å². The van der Waals surface area contributed by atoms with Crippen LogP contribution < -0.4 is 34.4 Å². The Kier molecular flexibility index (Phi) is 43.7. The van der Waals surface area contributed by atoms with E-state index < -0.39 is 0 Å². The van der Waals surface area contributed by atoms with Gasteiger partial charge in [0.15, 0.2) is 0 Å². The summed E-state index contributed by atoms with van der Waals surface area (Å²) in [6, 6.07) is 0.163. The molecule has 0 aliphatic carbocycles. The lowest BCUT2D eigenvalue weighted by Crippen LogP contribution is -2.29. The van der Waals surface area contributed by atoms with Crippen molar-refractivity contribution in [1.29, 1.82) is 0 Å². The molecule has 0 bridgehead atoms. The third kappa shape index (κ3) is 50.8. The molecule has 0 aromatic carbocycles. The summed E-state index contributed by atoms with van der Waals surface area (Å²) < 4.78 is 31.8. The van der Waals surface area contributed by atoms with Gasteiger partial charge in [-0.15, -0.1) is 0 Å². The fourth-order valence-electron chi connectivity index (χ4n) is 2.46. The van der Waals surface area contributed by atoms with Crippen molar-refractivity contribution >= 4 is 0 Å². The second-order valence-corrected chi connectivity index (χ2v) is 9.36. The highest BCUT2D eigenvalue weighted by atomic mass is 16.5. The summed E-state index contributed by atoms with van der Waals surface area (Å²) in [5, 5.41) is 0. The SMILES string of the molecule is CC(N)COCC(C)OCC(C)N.NCCCOCCCCOCCCN.NCCCOCCOCCCN. The van der Waals surface area contributed by atoms with Gasteiger partial charge in [0.25, 0.3) is 0 Å². The normalized spacial score (nSPS) is 13.2. The molecule has 3 atom stereocenters. The Balaban J connectivity index is -0.000000500. The average Bonchev–Trinajstić information content (AvgIpc) is 2.91. The van der Waals surface area contributed by atoms with Crippen molar-refractivity contribution in [2.24, 2.45) is 34.4 Å². The number of hydrogen-bond donors (Lipinski definition) is 6. The van der Waals surface area contributed by atoms with E-state index in [9.17, 15) is 0 Å². The van der Waals surface area contributed by atoms with Crippen molar-refractivity contribution in [2.45, 2.75) is 77.5 Å². The maximum Gasteiger partial charge on any atom is 0.0781 e. The van der Waals surface area contributed by atoms with E-state index in [4.69, 9.17) is 62.8 Å². The Morgan fingerprint density at radius 1 is 0.410 bits per heavy atom. The van der Waals surface area contributed by atoms with E-state index in [-0.39, 0.29) is 18.2 Å². The lowest BCUT2D eigenvalue weighted by Gasteiger charge is -2.15. The highest BCUT2D eigenvalue weighted by Gasteiger charge is 2.04. The van der Waals surface area contributed by atoms with Crippen LogP contribution in [0.2, 0.25) is 0 Å². The number of rotatable bonds is 27. The monoisotopic (exact) mass is 571 g/mol. The Morgan fingerprint density at radius 3 is 1.08 bits per heavy atom. The van der Waals surface area contributed by atoms with Gasteiger partial charge >= 0.3 is 0 Å². The summed E-state index contributed by atoms with van der Waals surface area (Å²) in [5.74, 6) is 0. The van der Waals surface area contributed by atoms with Crippen LogP contribution in [0.25, 0.3) is 0 Å². The molecule has 12 heteroatoms. The molecule has 0 aliphatic rings. The predicted octanol–water partition coefficient (Wildman–Crippen LogP) is 0.317. The largest absolute Gasteiger partial charge is 0.381 e. The predicted molar refractivity (Wildman–Crippen MR) is 161 cm³/mol. The minimum Gasteiger partial charge on any atom is -0.381 e. The molecule has 39 heavy (non-hydrogen) atoms. The summed E-state index contributed by atoms with van der Waals surface area (Å²) in [7, 11) is 0. The van der Waals surface area contributed by atoms with Crippen LogP contribution in [0, 0.1) is 0 Å². The fourth-order valence-corrected chi connectivity index (χ4v) is 2.46. The van der Waals surface area contributed by atoms with E-state index in [1.54, 1.807) is 0 Å². The van der Waals surface area contributed by atoms with Crippen LogP contribution in [-0.4, -0.2) is 117 Å². The van der Waals surface area contributed by atoms with Crippen molar-refractivity contribution < 1.29 is 28.4 Å². The van der Waals surface area contributed by atoms with Gasteiger partial charge in [-0.25, -0.2) is 0 Å². The van der Waals surface area contributed by atoms with Crippen LogP contribution in [0.15, 0.2) is 0 Å². The average molecular weight is 571 g/mol. The van der Waals surface area contributed by atoms with Crippen LogP contribution in [0.5, 0.6) is 0 Å². The summed E-state index contributed by atoms with van der Waals surface area (Å²) in [5.41, 5.74) is 32.3. The number of hydrogen-bond acceptors (Lipinski definition) is 12. The first-order valence-corrected chi connectivity index (χ1v) is 14.7. The molecule has 0 aromatic heterocycles. The van der Waals surface area contributed by atoms with Crippen molar-refractivity contribution in [3.8, 4) is 0 Å². The molecule has 0 heterocycles. The molecule has 0 spiro atoms. The minimum absolute atomic E-state index is 0.0795. The topological polar surface area (TPSA) is 212 Å². The van der Waals surface area contributed by atoms with E-state index in [0.29, 0.717) is 59.2 Å². The van der Waals surface area contributed by atoms with Crippen molar-refractivity contribution in [3.63, 3.8) is 0 Å². The first-order chi connectivity index (χ1) is 18.8. The molecule has 0 fully saturated rings. The third-order valence-corrected chi connectivity index (χ3v) is 4.55. The molecular weight excluding hydrogens is 504 g/mol. The number of unbranched alkanes of at least 4 members (excludes halogenated alkanes) is 1. The Hall–Kier alpha value is -0.480. The summed E-state index contributed by atoms with van der Waals surface area (Å²) in [6.07, 6.45) is 5.95. The van der Waals surface area contributed by atoms with Gasteiger partial charge in [0, 0.05) is 51.7 Å². The van der Waals surface area contributed by atoms with Crippen LogP contribution in [0.4, 0.5) is 0 Å². The number of nitrogens with two attached hydrogens (primary N) is 6.